The summed E-state index contributed by atoms with van der Waals surface area (Å²) >= 11 is 0. The predicted octanol–water partition coefficient (Wildman–Crippen LogP) is 2.36. The third-order valence-electron chi connectivity index (χ3n) is 2.41. The molecule has 2 aromatic rings. The highest BCUT2D eigenvalue weighted by molar-refractivity contribution is 5.73. The molecule has 0 bridgehead atoms. The van der Waals surface area contributed by atoms with Gasteiger partial charge in [0.05, 0.1) is 5.69 Å². The topological polar surface area (TPSA) is 57.0 Å². The molecule has 80 valence electrons. The normalized spacial score (nSPS) is 10.9. The van der Waals surface area contributed by atoms with Crippen LogP contribution in [0, 0.1) is 13.8 Å². The molecule has 15 heavy (non-hydrogen) atoms. The first-order valence-electron chi connectivity index (χ1n) is 5.02. The summed E-state index contributed by atoms with van der Waals surface area (Å²) in [7, 11) is 0. The third-order valence-corrected chi connectivity index (χ3v) is 2.41. The lowest BCUT2D eigenvalue weighted by Crippen LogP contribution is -1.93. The van der Waals surface area contributed by atoms with Crippen molar-refractivity contribution < 1.29 is 4.42 Å². The molecule has 0 aliphatic rings. The average Bonchev–Trinajstić information content (AvgIpc) is 2.69. The molecule has 2 rings (SSSR count). The summed E-state index contributed by atoms with van der Waals surface area (Å²) in [6.07, 6.45) is 1.84. The van der Waals surface area contributed by atoms with Gasteiger partial charge in [0, 0.05) is 18.3 Å². The number of nitrogens with two attached hydrogens (primary N) is 1. The summed E-state index contributed by atoms with van der Waals surface area (Å²) in [6.45, 7) is 6.69. The Hall–Kier alpha value is -1.71. The molecule has 0 radical (unpaired) electrons. The quantitative estimate of drug-likeness (QED) is 0.818. The number of aromatic nitrogens is 2. The zero-order chi connectivity index (χ0) is 11.0. The summed E-state index contributed by atoms with van der Waals surface area (Å²) in [5.41, 5.74) is 8.39. The monoisotopic (exact) mass is 205 g/mol. The molecule has 0 saturated heterocycles. The van der Waals surface area contributed by atoms with Crippen LogP contribution in [0.4, 0.5) is 5.69 Å². The first-order chi connectivity index (χ1) is 7.11. The maximum absolute atomic E-state index is 5.90. The number of nitrogen functional groups attached to an aromatic ring is 1. The fourth-order valence-corrected chi connectivity index (χ4v) is 1.67. The van der Waals surface area contributed by atoms with Gasteiger partial charge in [-0.05, 0) is 26.8 Å². The second kappa shape index (κ2) is 3.46. The summed E-state index contributed by atoms with van der Waals surface area (Å²) in [5, 5.41) is 4.40. The molecule has 2 aromatic heterocycles. The fourth-order valence-electron chi connectivity index (χ4n) is 1.67. The van der Waals surface area contributed by atoms with Gasteiger partial charge in [-0.1, -0.05) is 0 Å². The van der Waals surface area contributed by atoms with Gasteiger partial charge in [0.2, 0.25) is 0 Å². The minimum atomic E-state index is 0.695. The van der Waals surface area contributed by atoms with E-state index < -0.39 is 0 Å². The lowest BCUT2D eigenvalue weighted by Gasteiger charge is -1.94. The van der Waals surface area contributed by atoms with Gasteiger partial charge in [-0.15, -0.1) is 0 Å². The largest absolute Gasteiger partial charge is 0.466 e. The van der Waals surface area contributed by atoms with Crippen molar-refractivity contribution in [3.05, 3.63) is 23.8 Å². The van der Waals surface area contributed by atoms with Crippen molar-refractivity contribution in [2.75, 3.05) is 5.73 Å². The Morgan fingerprint density at radius 1 is 1.47 bits per heavy atom. The van der Waals surface area contributed by atoms with Gasteiger partial charge in [0.1, 0.15) is 17.2 Å². The Kier molecular flexibility index (Phi) is 2.26. The van der Waals surface area contributed by atoms with E-state index >= 15 is 0 Å². The first-order valence-corrected chi connectivity index (χ1v) is 5.02. The highest BCUT2D eigenvalue weighted by Gasteiger charge is 2.13. The van der Waals surface area contributed by atoms with E-state index in [-0.39, 0.29) is 0 Å². The van der Waals surface area contributed by atoms with Crippen molar-refractivity contribution in [3.8, 4) is 11.3 Å². The highest BCUT2D eigenvalue weighted by Crippen LogP contribution is 2.29. The zero-order valence-corrected chi connectivity index (χ0v) is 9.24. The molecular formula is C11H15N3O. The Morgan fingerprint density at radius 3 is 2.67 bits per heavy atom. The molecule has 4 heteroatoms. The molecule has 0 aliphatic carbocycles. The molecule has 0 amide bonds. The van der Waals surface area contributed by atoms with E-state index in [1.165, 1.54) is 0 Å². The maximum Gasteiger partial charge on any atom is 0.119 e. The molecule has 0 spiro atoms. The third kappa shape index (κ3) is 1.63. The van der Waals surface area contributed by atoms with E-state index in [9.17, 15) is 0 Å². The van der Waals surface area contributed by atoms with Crippen molar-refractivity contribution in [2.24, 2.45) is 0 Å². The molecule has 4 nitrogen and oxygen atoms in total. The summed E-state index contributed by atoms with van der Waals surface area (Å²) in [5.74, 6) is 1.74. The molecule has 2 N–H and O–H groups in total. The molecular weight excluding hydrogens is 190 g/mol. The molecule has 2 heterocycles. The Bertz CT molecular complexity index is 482. The molecule has 0 fully saturated rings. The van der Waals surface area contributed by atoms with E-state index in [4.69, 9.17) is 10.2 Å². The molecule has 0 aliphatic heterocycles. The van der Waals surface area contributed by atoms with E-state index in [1.807, 2.05) is 37.7 Å². The predicted molar refractivity (Wildman–Crippen MR) is 59.5 cm³/mol. The Balaban J connectivity index is 2.53. The van der Waals surface area contributed by atoms with Gasteiger partial charge in [-0.25, -0.2) is 0 Å². The first kappa shape index (κ1) is 9.83. The van der Waals surface area contributed by atoms with Crippen molar-refractivity contribution in [3.63, 3.8) is 0 Å². The number of rotatable bonds is 2. The van der Waals surface area contributed by atoms with Crippen LogP contribution in [0.1, 0.15) is 18.4 Å². The fraction of sp³-hybridized carbons (Fsp3) is 0.364. The van der Waals surface area contributed by atoms with Gasteiger partial charge >= 0.3 is 0 Å². The van der Waals surface area contributed by atoms with Crippen LogP contribution in [0.5, 0.6) is 0 Å². The summed E-state index contributed by atoms with van der Waals surface area (Å²) < 4.78 is 7.29. The molecule has 0 unspecified atom stereocenters. The number of aryl methyl sites for hydroxylation is 3. The number of anilines is 1. The van der Waals surface area contributed by atoms with Crippen molar-refractivity contribution in [1.82, 2.24) is 9.78 Å². The zero-order valence-electron chi connectivity index (χ0n) is 9.24. The number of hydrogen-bond donors (Lipinski definition) is 1. The van der Waals surface area contributed by atoms with E-state index in [2.05, 4.69) is 5.10 Å². The van der Waals surface area contributed by atoms with Crippen LogP contribution in [-0.2, 0) is 6.54 Å². The second-order valence-corrected chi connectivity index (χ2v) is 3.62. The van der Waals surface area contributed by atoms with E-state index in [1.54, 1.807) is 0 Å². The smallest absolute Gasteiger partial charge is 0.119 e. The van der Waals surface area contributed by atoms with E-state index in [0.29, 0.717) is 5.69 Å². The minimum Gasteiger partial charge on any atom is -0.466 e. The SMILES string of the molecule is CCn1cc(N)c(-c2cc(C)oc2C)n1. The van der Waals surface area contributed by atoms with Crippen LogP contribution < -0.4 is 5.73 Å². The van der Waals surface area contributed by atoms with Crippen LogP contribution in [0.2, 0.25) is 0 Å². The van der Waals surface area contributed by atoms with Crippen molar-refractivity contribution in [2.45, 2.75) is 27.3 Å². The molecule has 0 aromatic carbocycles. The highest BCUT2D eigenvalue weighted by atomic mass is 16.3. The van der Waals surface area contributed by atoms with Crippen LogP contribution in [-0.4, -0.2) is 9.78 Å². The number of hydrogen-bond acceptors (Lipinski definition) is 3. The molecule has 0 saturated carbocycles. The van der Waals surface area contributed by atoms with Gasteiger partial charge in [-0.3, -0.25) is 4.68 Å². The summed E-state index contributed by atoms with van der Waals surface area (Å²) in [4.78, 5) is 0. The second-order valence-electron chi connectivity index (χ2n) is 3.62. The Morgan fingerprint density at radius 2 is 2.20 bits per heavy atom. The van der Waals surface area contributed by atoms with Crippen LogP contribution in [0.3, 0.4) is 0 Å². The van der Waals surface area contributed by atoms with Gasteiger partial charge in [0.25, 0.3) is 0 Å². The van der Waals surface area contributed by atoms with Crippen LogP contribution in [0.15, 0.2) is 16.7 Å². The van der Waals surface area contributed by atoms with Gasteiger partial charge in [0.15, 0.2) is 0 Å². The number of furan rings is 1. The minimum absolute atomic E-state index is 0.695. The van der Waals surface area contributed by atoms with Crippen LogP contribution >= 0.6 is 0 Å². The van der Waals surface area contributed by atoms with Crippen LogP contribution in [0.25, 0.3) is 11.3 Å². The lowest BCUT2D eigenvalue weighted by atomic mass is 10.1. The van der Waals surface area contributed by atoms with Crippen molar-refractivity contribution in [1.29, 1.82) is 0 Å². The van der Waals surface area contributed by atoms with E-state index in [0.717, 1.165) is 29.3 Å². The van der Waals surface area contributed by atoms with Gasteiger partial charge in [-0.2, -0.15) is 5.10 Å². The molecule has 0 atom stereocenters. The summed E-state index contributed by atoms with van der Waals surface area (Å²) in [6, 6.07) is 1.97. The Labute approximate surface area is 88.7 Å². The van der Waals surface area contributed by atoms with Crippen molar-refractivity contribution >= 4 is 5.69 Å². The standard InChI is InChI=1S/C11H15N3O/c1-4-14-6-10(12)11(13-14)9-5-7(2)15-8(9)3/h5-6H,4,12H2,1-3H3. The average molecular weight is 205 g/mol. The van der Waals surface area contributed by atoms with Gasteiger partial charge < -0.3 is 10.2 Å². The number of nitrogens with zero attached hydrogens (tertiary/aromatic N) is 2. The lowest BCUT2D eigenvalue weighted by molar-refractivity contribution is 0.505. The maximum atomic E-state index is 5.90.